The monoisotopic (exact) mass is 324 g/mol. The highest BCUT2D eigenvalue weighted by molar-refractivity contribution is 5.88. The molecule has 0 amide bonds. The van der Waals surface area contributed by atoms with E-state index in [1.165, 1.54) is 0 Å². The first-order valence-corrected chi connectivity index (χ1v) is 8.05. The van der Waals surface area contributed by atoms with Crippen LogP contribution >= 0.6 is 0 Å². The summed E-state index contributed by atoms with van der Waals surface area (Å²) in [5.41, 5.74) is 0.882. The molecule has 7 heteroatoms. The first-order valence-electron chi connectivity index (χ1n) is 8.05. The Kier molecular flexibility index (Phi) is 3.68. The topological polar surface area (TPSA) is 61.5 Å². The number of hydrogen-bond donors (Lipinski definition) is 0. The quantitative estimate of drug-likeness (QED) is 0.730. The van der Waals surface area contributed by atoms with Crippen LogP contribution in [-0.2, 0) is 0 Å². The van der Waals surface area contributed by atoms with Crippen molar-refractivity contribution in [2.75, 3.05) is 55.0 Å². The second-order valence-corrected chi connectivity index (χ2v) is 6.09. The van der Waals surface area contributed by atoms with E-state index >= 15 is 0 Å². The molecule has 0 radical (unpaired) electrons. The van der Waals surface area contributed by atoms with E-state index in [1.807, 2.05) is 43.3 Å². The van der Waals surface area contributed by atoms with E-state index in [4.69, 9.17) is 4.42 Å². The fourth-order valence-corrected chi connectivity index (χ4v) is 3.00. The van der Waals surface area contributed by atoms with Crippen molar-refractivity contribution in [2.24, 2.45) is 0 Å². The van der Waals surface area contributed by atoms with Gasteiger partial charge in [0, 0.05) is 46.5 Å². The lowest BCUT2D eigenvalue weighted by molar-refractivity contribution is 0.614. The van der Waals surface area contributed by atoms with Crippen LogP contribution < -0.4 is 14.7 Å². The third kappa shape index (κ3) is 2.62. The van der Waals surface area contributed by atoms with Crippen molar-refractivity contribution >= 4 is 28.4 Å². The molecular formula is C17H20N6O. The molecule has 1 aliphatic rings. The van der Waals surface area contributed by atoms with Gasteiger partial charge in [-0.1, -0.05) is 0 Å². The number of nitrogens with zero attached hydrogens (tertiary/aromatic N) is 6. The number of aromatic nitrogens is 3. The summed E-state index contributed by atoms with van der Waals surface area (Å²) in [7, 11) is 3.93. The summed E-state index contributed by atoms with van der Waals surface area (Å²) in [6.45, 7) is 3.58. The molecule has 0 aliphatic carbocycles. The van der Waals surface area contributed by atoms with Gasteiger partial charge in [0.15, 0.2) is 11.6 Å². The predicted octanol–water partition coefficient (Wildman–Crippen LogP) is 2.01. The normalized spacial score (nSPS) is 15.1. The van der Waals surface area contributed by atoms with E-state index in [0.717, 1.165) is 54.6 Å². The van der Waals surface area contributed by atoms with Gasteiger partial charge in [-0.05, 0) is 24.3 Å². The number of rotatable bonds is 3. The minimum atomic E-state index is 0.869. The van der Waals surface area contributed by atoms with Crippen LogP contribution in [0.1, 0.15) is 0 Å². The molecule has 24 heavy (non-hydrogen) atoms. The van der Waals surface area contributed by atoms with Crippen LogP contribution in [0.2, 0.25) is 0 Å². The summed E-state index contributed by atoms with van der Waals surface area (Å²) in [5.74, 6) is 2.79. The molecule has 1 aliphatic heterocycles. The van der Waals surface area contributed by atoms with Crippen molar-refractivity contribution in [3.63, 3.8) is 0 Å². The van der Waals surface area contributed by atoms with Crippen LogP contribution in [-0.4, -0.2) is 55.5 Å². The number of furan rings is 1. The fraction of sp³-hybridized carbons (Fsp3) is 0.353. The van der Waals surface area contributed by atoms with Crippen molar-refractivity contribution in [3.05, 3.63) is 36.7 Å². The highest BCUT2D eigenvalue weighted by Crippen LogP contribution is 2.26. The minimum absolute atomic E-state index is 0.869. The van der Waals surface area contributed by atoms with Gasteiger partial charge < -0.3 is 19.1 Å². The Balaban J connectivity index is 1.47. The number of fused-ring (bicyclic) bond motifs is 1. The molecule has 1 saturated heterocycles. The summed E-state index contributed by atoms with van der Waals surface area (Å²) >= 11 is 0. The number of anilines is 3. The predicted molar refractivity (Wildman–Crippen MR) is 94.8 cm³/mol. The Morgan fingerprint density at radius 1 is 0.958 bits per heavy atom. The highest BCUT2D eigenvalue weighted by atomic mass is 16.3. The van der Waals surface area contributed by atoms with Crippen molar-refractivity contribution in [2.45, 2.75) is 0 Å². The zero-order chi connectivity index (χ0) is 16.5. The Bertz CT molecular complexity index is 820. The average molecular weight is 324 g/mol. The number of pyridine rings is 1. The first kappa shape index (κ1) is 14.7. The third-order valence-corrected chi connectivity index (χ3v) is 4.36. The van der Waals surface area contributed by atoms with Gasteiger partial charge in [-0.2, -0.15) is 0 Å². The van der Waals surface area contributed by atoms with E-state index in [9.17, 15) is 0 Å². The molecule has 3 aromatic rings. The van der Waals surface area contributed by atoms with Gasteiger partial charge >= 0.3 is 0 Å². The molecule has 124 valence electrons. The molecule has 0 spiro atoms. The molecule has 4 heterocycles. The maximum absolute atomic E-state index is 5.47. The van der Waals surface area contributed by atoms with Gasteiger partial charge in [-0.3, -0.25) is 0 Å². The lowest BCUT2D eigenvalue weighted by Crippen LogP contribution is -2.47. The lowest BCUT2D eigenvalue weighted by atomic mass is 10.2. The van der Waals surface area contributed by atoms with Crippen molar-refractivity contribution in [1.29, 1.82) is 0 Å². The summed E-state index contributed by atoms with van der Waals surface area (Å²) in [5, 5.41) is 9.68. The SMILES string of the molecule is CN(C)c1ccc(N2CCN(c3nccc4occc34)CC2)nn1. The van der Waals surface area contributed by atoms with Gasteiger partial charge in [-0.25, -0.2) is 4.98 Å². The van der Waals surface area contributed by atoms with Gasteiger partial charge in [0.05, 0.1) is 11.6 Å². The van der Waals surface area contributed by atoms with Crippen LogP contribution in [0.3, 0.4) is 0 Å². The third-order valence-electron chi connectivity index (χ3n) is 4.36. The van der Waals surface area contributed by atoms with Crippen LogP contribution in [0.4, 0.5) is 17.5 Å². The molecule has 0 N–H and O–H groups in total. The van der Waals surface area contributed by atoms with Gasteiger partial charge in [0.1, 0.15) is 11.4 Å². The van der Waals surface area contributed by atoms with Crippen LogP contribution in [0.25, 0.3) is 11.0 Å². The second-order valence-electron chi connectivity index (χ2n) is 6.09. The Morgan fingerprint density at radius 3 is 2.46 bits per heavy atom. The minimum Gasteiger partial charge on any atom is -0.464 e. The highest BCUT2D eigenvalue weighted by Gasteiger charge is 2.21. The van der Waals surface area contributed by atoms with E-state index in [1.54, 1.807) is 12.5 Å². The zero-order valence-electron chi connectivity index (χ0n) is 13.9. The summed E-state index contributed by atoms with van der Waals surface area (Å²) in [6.07, 6.45) is 3.52. The van der Waals surface area contributed by atoms with Crippen LogP contribution in [0.15, 0.2) is 41.1 Å². The van der Waals surface area contributed by atoms with Crippen molar-refractivity contribution < 1.29 is 4.42 Å². The largest absolute Gasteiger partial charge is 0.464 e. The fourth-order valence-electron chi connectivity index (χ4n) is 3.00. The Hall–Kier alpha value is -2.83. The molecule has 0 aromatic carbocycles. The molecule has 1 fully saturated rings. The average Bonchev–Trinajstić information content (AvgIpc) is 3.11. The Labute approximate surface area is 140 Å². The maximum atomic E-state index is 5.47. The first-order chi connectivity index (χ1) is 11.7. The standard InChI is InChI=1S/C17H20N6O/c1-21(2)15-3-4-16(20-19-15)22-8-10-23(11-9-22)17-13-6-12-24-14(13)5-7-18-17/h3-7,12H,8-11H2,1-2H3. The molecule has 0 atom stereocenters. The lowest BCUT2D eigenvalue weighted by Gasteiger charge is -2.36. The smallest absolute Gasteiger partial charge is 0.151 e. The van der Waals surface area contributed by atoms with Crippen molar-refractivity contribution in [1.82, 2.24) is 15.2 Å². The van der Waals surface area contributed by atoms with Crippen molar-refractivity contribution in [3.8, 4) is 0 Å². The van der Waals surface area contributed by atoms with Crippen LogP contribution in [0, 0.1) is 0 Å². The summed E-state index contributed by atoms with van der Waals surface area (Å²) < 4.78 is 5.47. The summed E-state index contributed by atoms with van der Waals surface area (Å²) in [4.78, 5) is 11.1. The molecule has 7 nitrogen and oxygen atoms in total. The van der Waals surface area contributed by atoms with Gasteiger partial charge in [0.2, 0.25) is 0 Å². The molecular weight excluding hydrogens is 304 g/mol. The molecule has 0 bridgehead atoms. The second kappa shape index (κ2) is 5.99. The van der Waals surface area contributed by atoms with E-state index in [2.05, 4.69) is 25.0 Å². The van der Waals surface area contributed by atoms with E-state index < -0.39 is 0 Å². The number of hydrogen-bond acceptors (Lipinski definition) is 7. The van der Waals surface area contributed by atoms with Crippen LogP contribution in [0.5, 0.6) is 0 Å². The number of piperazine rings is 1. The summed E-state index contributed by atoms with van der Waals surface area (Å²) in [6, 6.07) is 7.92. The van der Waals surface area contributed by atoms with Gasteiger partial charge in [-0.15, -0.1) is 10.2 Å². The Morgan fingerprint density at radius 2 is 1.75 bits per heavy atom. The van der Waals surface area contributed by atoms with Gasteiger partial charge in [0.25, 0.3) is 0 Å². The van der Waals surface area contributed by atoms with E-state index in [-0.39, 0.29) is 0 Å². The molecule has 3 aromatic heterocycles. The molecule has 4 rings (SSSR count). The maximum Gasteiger partial charge on any atom is 0.151 e. The van der Waals surface area contributed by atoms with E-state index in [0.29, 0.717) is 0 Å². The molecule has 0 unspecified atom stereocenters. The molecule has 0 saturated carbocycles. The zero-order valence-corrected chi connectivity index (χ0v) is 13.9.